The molecular formula is C26H30F3N3O8. The Morgan fingerprint density at radius 3 is 2.30 bits per heavy atom. The maximum absolute atomic E-state index is 14.1. The van der Waals surface area contributed by atoms with Crippen LogP contribution in [-0.2, 0) is 20.8 Å². The summed E-state index contributed by atoms with van der Waals surface area (Å²) in [7, 11) is 3.66. The van der Waals surface area contributed by atoms with Crippen molar-refractivity contribution in [2.24, 2.45) is 0 Å². The molecule has 218 valence electrons. The molecule has 0 bridgehead atoms. The van der Waals surface area contributed by atoms with Crippen molar-refractivity contribution in [3.8, 4) is 5.75 Å². The van der Waals surface area contributed by atoms with E-state index in [-0.39, 0.29) is 18.9 Å². The van der Waals surface area contributed by atoms with Gasteiger partial charge in [-0.15, -0.1) is 0 Å². The van der Waals surface area contributed by atoms with E-state index in [1.807, 2.05) is 0 Å². The average molecular weight is 570 g/mol. The molecule has 40 heavy (non-hydrogen) atoms. The van der Waals surface area contributed by atoms with E-state index >= 15 is 0 Å². The Morgan fingerprint density at radius 2 is 1.75 bits per heavy atom. The topological polar surface area (TPSA) is 125 Å². The van der Waals surface area contributed by atoms with Gasteiger partial charge in [0.25, 0.3) is 5.91 Å². The zero-order valence-corrected chi connectivity index (χ0v) is 22.8. The molecule has 2 aromatic rings. The Morgan fingerprint density at radius 1 is 1.12 bits per heavy atom. The fourth-order valence-electron chi connectivity index (χ4n) is 4.16. The number of nitrogens with zero attached hydrogens (tertiary/aromatic N) is 2. The van der Waals surface area contributed by atoms with E-state index in [0.717, 1.165) is 20.4 Å². The van der Waals surface area contributed by atoms with Gasteiger partial charge in [0.2, 0.25) is 5.43 Å². The molecule has 0 spiro atoms. The number of ether oxygens (including phenoxy) is 4. The van der Waals surface area contributed by atoms with Crippen LogP contribution in [0.1, 0.15) is 53.2 Å². The lowest BCUT2D eigenvalue weighted by atomic mass is 10.1. The number of hydrogen-bond donors (Lipinski definition) is 1. The van der Waals surface area contributed by atoms with Crippen molar-refractivity contribution in [3.05, 3.63) is 62.8 Å². The van der Waals surface area contributed by atoms with Crippen LogP contribution in [0.3, 0.4) is 0 Å². The number of esters is 1. The molecule has 0 saturated carbocycles. The van der Waals surface area contributed by atoms with Gasteiger partial charge in [-0.3, -0.25) is 9.59 Å². The van der Waals surface area contributed by atoms with Gasteiger partial charge in [0.15, 0.2) is 11.4 Å². The number of rotatable bonds is 7. The summed E-state index contributed by atoms with van der Waals surface area (Å²) in [6.45, 7) is 4.35. The fraction of sp³-hybridized carbons (Fsp3) is 0.462. The van der Waals surface area contributed by atoms with Crippen molar-refractivity contribution < 1.29 is 46.5 Å². The third kappa shape index (κ3) is 6.38. The van der Waals surface area contributed by atoms with Crippen LogP contribution in [0.5, 0.6) is 5.75 Å². The molecule has 1 aliphatic rings. The van der Waals surface area contributed by atoms with Crippen LogP contribution in [-0.4, -0.2) is 73.6 Å². The smallest absolute Gasteiger partial charge is 0.410 e. The minimum absolute atomic E-state index is 0.0279. The van der Waals surface area contributed by atoms with Crippen LogP contribution in [0.15, 0.2) is 23.1 Å². The molecule has 2 atom stereocenters. The van der Waals surface area contributed by atoms with Crippen molar-refractivity contribution in [3.63, 3.8) is 0 Å². The van der Waals surface area contributed by atoms with E-state index in [0.29, 0.717) is 12.1 Å². The highest BCUT2D eigenvalue weighted by molar-refractivity contribution is 5.97. The molecule has 11 nitrogen and oxygen atoms in total. The van der Waals surface area contributed by atoms with Gasteiger partial charge in [-0.25, -0.2) is 22.8 Å². The number of methoxy groups -OCH3 is 2. The van der Waals surface area contributed by atoms with Crippen molar-refractivity contribution in [1.29, 1.82) is 0 Å². The third-order valence-corrected chi connectivity index (χ3v) is 6.11. The minimum atomic E-state index is -1.23. The van der Waals surface area contributed by atoms with Gasteiger partial charge in [-0.2, -0.15) is 0 Å². The predicted molar refractivity (Wildman–Crippen MR) is 134 cm³/mol. The van der Waals surface area contributed by atoms with Gasteiger partial charge in [-0.05, 0) is 20.8 Å². The quantitative estimate of drug-likeness (QED) is 0.505. The Kier molecular flexibility index (Phi) is 9.13. The lowest BCUT2D eigenvalue weighted by Gasteiger charge is -2.32. The Hall–Kier alpha value is -4.07. The standard InChI is InChI=1S/C26H30F3N3O8/c1-26(2,3)40-25(36)31(4)18-11-39-12-19(18)32-10-15(21(33)22(37-5)20(32)24(35)38-6)23(34)30-9-14-16(28)7-13(27)8-17(14)29/h7-8,10,18-19H,9,11-12H2,1-6H3,(H,30,34)/t18-,19-/m1/s1. The van der Waals surface area contributed by atoms with Gasteiger partial charge >= 0.3 is 12.1 Å². The largest absolute Gasteiger partial charge is 0.491 e. The number of halogens is 3. The SMILES string of the molecule is COC(=O)c1c(OC)c(=O)c(C(=O)NCc2c(F)cc(F)cc2F)cn1[C@@H]1COC[C@H]1N(C)C(=O)OC(C)(C)C. The summed E-state index contributed by atoms with van der Waals surface area (Å²) in [4.78, 5) is 53.1. The normalized spacial score (nSPS) is 16.8. The number of amides is 2. The van der Waals surface area contributed by atoms with E-state index < -0.39 is 82.0 Å². The van der Waals surface area contributed by atoms with Crippen LogP contribution < -0.4 is 15.5 Å². The number of pyridine rings is 1. The van der Waals surface area contributed by atoms with E-state index in [2.05, 4.69) is 5.32 Å². The van der Waals surface area contributed by atoms with Crippen molar-refractivity contribution in [2.75, 3.05) is 34.5 Å². The van der Waals surface area contributed by atoms with Crippen molar-refractivity contribution in [1.82, 2.24) is 14.8 Å². The number of nitrogens with one attached hydrogen (secondary N) is 1. The Balaban J connectivity index is 2.06. The first-order valence-electron chi connectivity index (χ1n) is 12.1. The molecule has 1 aliphatic heterocycles. The fourth-order valence-corrected chi connectivity index (χ4v) is 4.16. The van der Waals surface area contributed by atoms with E-state index in [9.17, 15) is 32.3 Å². The van der Waals surface area contributed by atoms with E-state index in [4.69, 9.17) is 18.9 Å². The summed E-state index contributed by atoms with van der Waals surface area (Å²) >= 11 is 0. The molecule has 0 radical (unpaired) electrons. The summed E-state index contributed by atoms with van der Waals surface area (Å²) in [5.74, 6) is -6.17. The Labute approximate surface area is 227 Å². The monoisotopic (exact) mass is 569 g/mol. The first-order chi connectivity index (χ1) is 18.7. The molecule has 1 saturated heterocycles. The Bertz CT molecular complexity index is 1350. The number of aromatic nitrogens is 1. The first-order valence-corrected chi connectivity index (χ1v) is 12.1. The summed E-state index contributed by atoms with van der Waals surface area (Å²) in [5.41, 5.74) is -3.32. The molecule has 1 fully saturated rings. The summed E-state index contributed by atoms with van der Waals surface area (Å²) in [6, 6.07) is -0.635. The van der Waals surface area contributed by atoms with Gasteiger partial charge < -0.3 is 33.7 Å². The molecule has 14 heteroatoms. The van der Waals surface area contributed by atoms with E-state index in [1.165, 1.54) is 16.5 Å². The average Bonchev–Trinajstić information content (AvgIpc) is 3.35. The molecule has 0 aliphatic carbocycles. The number of carbonyl (C=O) groups excluding carboxylic acids is 3. The second-order valence-electron chi connectivity index (χ2n) is 9.95. The second-order valence-corrected chi connectivity index (χ2v) is 9.95. The minimum Gasteiger partial charge on any atom is -0.491 e. The van der Waals surface area contributed by atoms with Crippen molar-refractivity contribution >= 4 is 18.0 Å². The predicted octanol–water partition coefficient (Wildman–Crippen LogP) is 2.80. The van der Waals surface area contributed by atoms with Crippen LogP contribution in [0.2, 0.25) is 0 Å². The van der Waals surface area contributed by atoms with Crippen LogP contribution in [0.4, 0.5) is 18.0 Å². The maximum atomic E-state index is 14.1. The zero-order valence-electron chi connectivity index (χ0n) is 22.8. The lowest BCUT2D eigenvalue weighted by Crippen LogP contribution is -2.45. The van der Waals surface area contributed by atoms with Gasteiger partial charge in [0, 0.05) is 37.5 Å². The second kappa shape index (κ2) is 12.0. The molecular weight excluding hydrogens is 539 g/mol. The first kappa shape index (κ1) is 30.5. The zero-order chi connectivity index (χ0) is 29.9. The number of carbonyl (C=O) groups is 3. The number of likely N-dealkylation sites (N-methyl/N-ethyl adjacent to an activating group) is 1. The molecule has 1 N–H and O–H groups in total. The highest BCUT2D eigenvalue weighted by atomic mass is 19.1. The molecule has 2 amide bonds. The van der Waals surface area contributed by atoms with Crippen LogP contribution >= 0.6 is 0 Å². The highest BCUT2D eigenvalue weighted by Gasteiger charge is 2.40. The van der Waals surface area contributed by atoms with E-state index in [1.54, 1.807) is 20.8 Å². The highest BCUT2D eigenvalue weighted by Crippen LogP contribution is 2.30. The number of benzene rings is 1. The molecule has 1 aromatic carbocycles. The molecule has 2 heterocycles. The molecule has 1 aromatic heterocycles. The van der Waals surface area contributed by atoms with Gasteiger partial charge in [-0.1, -0.05) is 0 Å². The van der Waals surface area contributed by atoms with Crippen LogP contribution in [0.25, 0.3) is 0 Å². The summed E-state index contributed by atoms with van der Waals surface area (Å²) in [6.07, 6.45) is 0.376. The van der Waals surface area contributed by atoms with Gasteiger partial charge in [0.05, 0.1) is 39.5 Å². The maximum Gasteiger partial charge on any atom is 0.410 e. The van der Waals surface area contributed by atoms with Gasteiger partial charge in [0.1, 0.15) is 28.6 Å². The number of hydrogen-bond acceptors (Lipinski definition) is 8. The lowest BCUT2D eigenvalue weighted by molar-refractivity contribution is 0.0186. The third-order valence-electron chi connectivity index (χ3n) is 6.11. The van der Waals surface area contributed by atoms with Crippen molar-refractivity contribution in [2.45, 2.75) is 45.0 Å². The molecule has 3 rings (SSSR count). The summed E-state index contributed by atoms with van der Waals surface area (Å²) in [5, 5.41) is 2.22. The van der Waals surface area contributed by atoms with Crippen LogP contribution in [0, 0.1) is 17.5 Å². The molecule has 0 unspecified atom stereocenters. The summed E-state index contributed by atoms with van der Waals surface area (Å²) < 4.78 is 63.7.